The van der Waals surface area contributed by atoms with Crippen LogP contribution < -0.4 is 11.1 Å². The number of carbonyl (C=O) groups excluding carboxylic acids is 1. The van der Waals surface area contributed by atoms with Gasteiger partial charge >= 0.3 is 0 Å². The Balaban J connectivity index is 2.25. The third-order valence-electron chi connectivity index (χ3n) is 2.25. The van der Waals surface area contributed by atoms with Crippen molar-refractivity contribution in [3.8, 4) is 0 Å². The number of carbonyl (C=O) groups is 1. The molecule has 6 nitrogen and oxygen atoms in total. The van der Waals surface area contributed by atoms with E-state index in [1.54, 1.807) is 6.07 Å². The summed E-state index contributed by atoms with van der Waals surface area (Å²) in [6.07, 6.45) is 0.500. The summed E-state index contributed by atoms with van der Waals surface area (Å²) in [5.41, 5.74) is 6.64. The van der Waals surface area contributed by atoms with Gasteiger partial charge in [-0.1, -0.05) is 35.0 Å². The molecule has 1 aromatic carbocycles. The molecule has 0 spiro atoms. The molecule has 0 aliphatic heterocycles. The van der Waals surface area contributed by atoms with Gasteiger partial charge in [0.05, 0.1) is 6.54 Å². The molecule has 88 valence electrons. The SMILES string of the molecule is Nc1c(NC=O)nnn1Cc1ccccc1Cl. The monoisotopic (exact) mass is 251 g/mol. The van der Waals surface area contributed by atoms with Crippen molar-refractivity contribution in [1.82, 2.24) is 15.0 Å². The molecule has 1 amide bonds. The van der Waals surface area contributed by atoms with Crippen molar-refractivity contribution in [2.75, 3.05) is 11.1 Å². The summed E-state index contributed by atoms with van der Waals surface area (Å²) >= 11 is 6.02. The van der Waals surface area contributed by atoms with Gasteiger partial charge in [0.2, 0.25) is 6.41 Å². The van der Waals surface area contributed by atoms with Gasteiger partial charge in [0.1, 0.15) is 0 Å². The van der Waals surface area contributed by atoms with Gasteiger partial charge in [0.15, 0.2) is 11.6 Å². The molecule has 0 unspecified atom stereocenters. The zero-order valence-corrected chi connectivity index (χ0v) is 9.55. The van der Waals surface area contributed by atoms with Crippen LogP contribution in [0.15, 0.2) is 24.3 Å². The summed E-state index contributed by atoms with van der Waals surface area (Å²) in [7, 11) is 0. The van der Waals surface area contributed by atoms with Gasteiger partial charge in [0.25, 0.3) is 0 Å². The van der Waals surface area contributed by atoms with E-state index < -0.39 is 0 Å². The van der Waals surface area contributed by atoms with Gasteiger partial charge in [-0.05, 0) is 11.6 Å². The zero-order valence-electron chi connectivity index (χ0n) is 8.80. The first-order chi connectivity index (χ1) is 8.22. The van der Waals surface area contributed by atoms with E-state index in [9.17, 15) is 4.79 Å². The standard InChI is InChI=1S/C10H10ClN5O/c11-8-4-2-1-3-7(8)5-16-9(12)10(13-6-17)14-15-16/h1-4,6H,5,12H2,(H,13,17). The number of halogens is 1. The van der Waals surface area contributed by atoms with Crippen molar-refractivity contribution < 1.29 is 4.79 Å². The lowest BCUT2D eigenvalue weighted by molar-refractivity contribution is -0.105. The second-order valence-electron chi connectivity index (χ2n) is 3.33. The van der Waals surface area contributed by atoms with Gasteiger partial charge in [-0.3, -0.25) is 4.79 Å². The maximum atomic E-state index is 10.3. The molecule has 2 aromatic rings. The van der Waals surface area contributed by atoms with Crippen molar-refractivity contribution in [1.29, 1.82) is 0 Å². The highest BCUT2D eigenvalue weighted by Crippen LogP contribution is 2.19. The summed E-state index contributed by atoms with van der Waals surface area (Å²) in [4.78, 5) is 10.3. The highest BCUT2D eigenvalue weighted by atomic mass is 35.5. The van der Waals surface area contributed by atoms with Crippen molar-refractivity contribution in [2.45, 2.75) is 6.54 Å². The molecule has 0 saturated heterocycles. The lowest BCUT2D eigenvalue weighted by atomic mass is 10.2. The molecular formula is C10H10ClN5O. The number of anilines is 2. The predicted octanol–water partition coefficient (Wildman–Crippen LogP) is 1.13. The maximum Gasteiger partial charge on any atom is 0.212 e. The lowest BCUT2D eigenvalue weighted by Crippen LogP contribution is -2.07. The van der Waals surface area contributed by atoms with Gasteiger partial charge < -0.3 is 11.1 Å². The Kier molecular flexibility index (Phi) is 3.24. The number of benzene rings is 1. The summed E-state index contributed by atoms with van der Waals surface area (Å²) in [6.45, 7) is 0.402. The first-order valence-corrected chi connectivity index (χ1v) is 5.22. The van der Waals surface area contributed by atoms with Gasteiger partial charge in [0, 0.05) is 5.02 Å². The molecule has 17 heavy (non-hydrogen) atoms. The van der Waals surface area contributed by atoms with E-state index in [4.69, 9.17) is 17.3 Å². The van der Waals surface area contributed by atoms with Gasteiger partial charge in [-0.25, -0.2) is 4.68 Å². The molecule has 1 heterocycles. The molecule has 0 bridgehead atoms. The largest absolute Gasteiger partial charge is 0.381 e. The van der Waals surface area contributed by atoms with Crippen LogP contribution in [0.2, 0.25) is 5.02 Å². The van der Waals surface area contributed by atoms with E-state index >= 15 is 0 Å². The van der Waals surface area contributed by atoms with Crippen LogP contribution in [0, 0.1) is 0 Å². The quantitative estimate of drug-likeness (QED) is 0.798. The Labute approximate surface area is 102 Å². The Morgan fingerprint density at radius 1 is 1.47 bits per heavy atom. The first-order valence-electron chi connectivity index (χ1n) is 4.85. The smallest absolute Gasteiger partial charge is 0.212 e. The second-order valence-corrected chi connectivity index (χ2v) is 3.74. The van der Waals surface area contributed by atoms with Crippen LogP contribution in [0.5, 0.6) is 0 Å². The first kappa shape index (κ1) is 11.4. The topological polar surface area (TPSA) is 85.8 Å². The molecule has 0 aliphatic carbocycles. The van der Waals surface area contributed by atoms with Crippen molar-refractivity contribution in [2.24, 2.45) is 0 Å². The summed E-state index contributed by atoms with van der Waals surface area (Å²) in [6, 6.07) is 7.37. The highest BCUT2D eigenvalue weighted by Gasteiger charge is 2.10. The van der Waals surface area contributed by atoms with Crippen molar-refractivity contribution in [3.05, 3.63) is 34.9 Å². The van der Waals surface area contributed by atoms with Crippen LogP contribution in [-0.2, 0) is 11.3 Å². The van der Waals surface area contributed by atoms with Gasteiger partial charge in [-0.2, -0.15) is 0 Å². The summed E-state index contributed by atoms with van der Waals surface area (Å²) < 4.78 is 1.47. The molecule has 2 rings (SSSR count). The van der Waals surface area contributed by atoms with E-state index in [1.807, 2.05) is 18.2 Å². The number of hydrogen-bond acceptors (Lipinski definition) is 4. The normalized spacial score (nSPS) is 10.2. The fourth-order valence-electron chi connectivity index (χ4n) is 1.38. The molecule has 3 N–H and O–H groups in total. The van der Waals surface area contributed by atoms with E-state index in [1.165, 1.54) is 4.68 Å². The maximum absolute atomic E-state index is 10.3. The molecule has 0 radical (unpaired) electrons. The minimum Gasteiger partial charge on any atom is -0.381 e. The minimum absolute atomic E-state index is 0.243. The van der Waals surface area contributed by atoms with E-state index in [2.05, 4.69) is 15.6 Å². The van der Waals surface area contributed by atoms with Crippen LogP contribution >= 0.6 is 11.6 Å². The van der Waals surface area contributed by atoms with Crippen LogP contribution in [0.3, 0.4) is 0 Å². The minimum atomic E-state index is 0.243. The van der Waals surface area contributed by atoms with Crippen LogP contribution in [0.4, 0.5) is 11.6 Å². The van der Waals surface area contributed by atoms with Crippen molar-refractivity contribution >= 4 is 29.6 Å². The number of nitrogen functional groups attached to an aromatic ring is 1. The molecule has 0 fully saturated rings. The molecule has 7 heteroatoms. The van der Waals surface area contributed by atoms with Crippen LogP contribution in [0.25, 0.3) is 0 Å². The predicted molar refractivity (Wildman–Crippen MR) is 64.7 cm³/mol. The molecule has 1 aromatic heterocycles. The highest BCUT2D eigenvalue weighted by molar-refractivity contribution is 6.31. The number of rotatable bonds is 4. The number of nitrogens with two attached hydrogens (primary N) is 1. The Hall–Kier alpha value is -2.08. The fraction of sp³-hybridized carbons (Fsp3) is 0.100. The van der Waals surface area contributed by atoms with E-state index in [0.29, 0.717) is 18.0 Å². The summed E-state index contributed by atoms with van der Waals surface area (Å²) in [5, 5.41) is 10.6. The Morgan fingerprint density at radius 2 is 2.24 bits per heavy atom. The average molecular weight is 252 g/mol. The summed E-state index contributed by atoms with van der Waals surface area (Å²) in [5.74, 6) is 0.532. The lowest BCUT2D eigenvalue weighted by Gasteiger charge is -2.05. The zero-order chi connectivity index (χ0) is 12.3. The van der Waals surface area contributed by atoms with Crippen molar-refractivity contribution in [3.63, 3.8) is 0 Å². The second kappa shape index (κ2) is 4.84. The molecule has 0 atom stereocenters. The number of hydrogen-bond donors (Lipinski definition) is 2. The van der Waals surface area contributed by atoms with Crippen LogP contribution in [0.1, 0.15) is 5.56 Å². The average Bonchev–Trinajstić information content (AvgIpc) is 2.65. The Morgan fingerprint density at radius 3 is 2.94 bits per heavy atom. The number of nitrogens with zero attached hydrogens (tertiary/aromatic N) is 3. The van der Waals surface area contributed by atoms with E-state index in [-0.39, 0.29) is 11.6 Å². The number of amides is 1. The third kappa shape index (κ3) is 2.36. The van der Waals surface area contributed by atoms with Gasteiger partial charge in [-0.15, -0.1) is 5.10 Å². The third-order valence-corrected chi connectivity index (χ3v) is 2.62. The van der Waals surface area contributed by atoms with E-state index in [0.717, 1.165) is 5.56 Å². The number of nitrogens with one attached hydrogen (secondary N) is 1. The number of aromatic nitrogens is 3. The fourth-order valence-corrected chi connectivity index (χ4v) is 1.58. The molecular weight excluding hydrogens is 242 g/mol. The van der Waals surface area contributed by atoms with Crippen LogP contribution in [-0.4, -0.2) is 21.4 Å². The molecule has 0 saturated carbocycles. The Bertz CT molecular complexity index is 539. The molecule has 0 aliphatic rings.